The lowest BCUT2D eigenvalue weighted by Crippen LogP contribution is -2.49. The summed E-state index contributed by atoms with van der Waals surface area (Å²) in [6.45, 7) is 5.46. The van der Waals surface area contributed by atoms with Gasteiger partial charge in [-0.15, -0.1) is 0 Å². The second-order valence-electron chi connectivity index (χ2n) is 7.94. The van der Waals surface area contributed by atoms with Crippen molar-refractivity contribution in [2.24, 2.45) is 0 Å². The van der Waals surface area contributed by atoms with Gasteiger partial charge in [-0.05, 0) is 42.0 Å². The van der Waals surface area contributed by atoms with Crippen LogP contribution < -0.4 is 5.32 Å². The summed E-state index contributed by atoms with van der Waals surface area (Å²) in [5.74, 6) is 1.52. The standard InChI is InChI=1S/C26H28ClN3O2/c27-23-10-8-22(9-11-23)25-13-12-24(32-25)19-28-26(31)20-30-17-15-29(16-18-30)14-4-7-21-5-2-1-3-6-21/h1-13H,14-20H2,(H,28,31)/b7-4+. The molecule has 6 heteroatoms. The molecule has 1 aromatic heterocycles. The first-order valence-corrected chi connectivity index (χ1v) is 11.3. The SMILES string of the molecule is O=C(CN1CCN(C/C=C/c2ccccc2)CC1)NCc1ccc(-c2ccc(Cl)cc2)o1. The second-order valence-corrected chi connectivity index (χ2v) is 8.38. The molecule has 0 spiro atoms. The molecule has 0 saturated carbocycles. The zero-order valence-electron chi connectivity index (χ0n) is 18.0. The molecule has 3 aromatic rings. The van der Waals surface area contributed by atoms with E-state index in [4.69, 9.17) is 16.0 Å². The van der Waals surface area contributed by atoms with E-state index in [2.05, 4.69) is 39.4 Å². The van der Waals surface area contributed by atoms with Crippen LogP contribution in [0.1, 0.15) is 11.3 Å². The molecule has 0 unspecified atom stereocenters. The fraction of sp³-hybridized carbons (Fsp3) is 0.269. The monoisotopic (exact) mass is 449 g/mol. The Bertz CT molecular complexity index is 1020. The molecule has 1 saturated heterocycles. The second kappa shape index (κ2) is 11.1. The number of hydrogen-bond acceptors (Lipinski definition) is 4. The van der Waals surface area contributed by atoms with Crippen LogP contribution in [0.25, 0.3) is 17.4 Å². The molecule has 1 aliphatic heterocycles. The van der Waals surface area contributed by atoms with Crippen molar-refractivity contribution in [2.45, 2.75) is 6.54 Å². The quantitative estimate of drug-likeness (QED) is 0.548. The minimum absolute atomic E-state index is 0.0202. The van der Waals surface area contributed by atoms with E-state index in [0.29, 0.717) is 18.1 Å². The average Bonchev–Trinajstić information content (AvgIpc) is 3.29. The van der Waals surface area contributed by atoms with Gasteiger partial charge in [0.2, 0.25) is 5.91 Å². The molecule has 5 nitrogen and oxygen atoms in total. The van der Waals surface area contributed by atoms with Crippen LogP contribution in [0.15, 0.2) is 77.2 Å². The van der Waals surface area contributed by atoms with Crippen LogP contribution >= 0.6 is 11.6 Å². The third kappa shape index (κ3) is 6.57. The van der Waals surface area contributed by atoms with Gasteiger partial charge in [0.1, 0.15) is 11.5 Å². The van der Waals surface area contributed by atoms with Gasteiger partial charge in [0, 0.05) is 43.3 Å². The number of carbonyl (C=O) groups excluding carboxylic acids is 1. The van der Waals surface area contributed by atoms with E-state index in [9.17, 15) is 4.79 Å². The van der Waals surface area contributed by atoms with Crippen molar-refractivity contribution in [3.8, 4) is 11.3 Å². The largest absolute Gasteiger partial charge is 0.459 e. The zero-order chi connectivity index (χ0) is 22.2. The molecule has 1 aliphatic rings. The molecule has 1 fully saturated rings. The lowest BCUT2D eigenvalue weighted by molar-refractivity contribution is -0.122. The van der Waals surface area contributed by atoms with Crippen LogP contribution in [0.3, 0.4) is 0 Å². The number of piperazine rings is 1. The molecular weight excluding hydrogens is 422 g/mol. The third-order valence-electron chi connectivity index (χ3n) is 5.56. The molecule has 0 atom stereocenters. The van der Waals surface area contributed by atoms with Crippen molar-refractivity contribution >= 4 is 23.6 Å². The minimum Gasteiger partial charge on any atom is -0.459 e. The highest BCUT2D eigenvalue weighted by atomic mass is 35.5. The summed E-state index contributed by atoms with van der Waals surface area (Å²) in [4.78, 5) is 17.0. The van der Waals surface area contributed by atoms with Crippen LogP contribution in [0, 0.1) is 0 Å². The number of benzene rings is 2. The number of amides is 1. The first-order chi connectivity index (χ1) is 15.7. The number of nitrogens with zero attached hydrogens (tertiary/aromatic N) is 2. The van der Waals surface area contributed by atoms with E-state index in [1.54, 1.807) is 0 Å². The maximum atomic E-state index is 12.4. The highest BCUT2D eigenvalue weighted by Gasteiger charge is 2.18. The van der Waals surface area contributed by atoms with Crippen molar-refractivity contribution in [3.05, 3.63) is 89.2 Å². The van der Waals surface area contributed by atoms with E-state index in [0.717, 1.165) is 49.8 Å². The summed E-state index contributed by atoms with van der Waals surface area (Å²) in [7, 11) is 0. The van der Waals surface area contributed by atoms with Crippen molar-refractivity contribution in [1.82, 2.24) is 15.1 Å². The Hall–Kier alpha value is -2.86. The van der Waals surface area contributed by atoms with Crippen LogP contribution in [-0.2, 0) is 11.3 Å². The van der Waals surface area contributed by atoms with Gasteiger partial charge in [0.05, 0.1) is 13.1 Å². The topological polar surface area (TPSA) is 48.7 Å². The Morgan fingerprint density at radius 3 is 2.41 bits per heavy atom. The zero-order valence-corrected chi connectivity index (χ0v) is 18.8. The summed E-state index contributed by atoms with van der Waals surface area (Å²) in [6, 6.07) is 21.6. The van der Waals surface area contributed by atoms with E-state index in [1.807, 2.05) is 54.6 Å². The predicted octanol–water partition coefficient (Wildman–Crippen LogP) is 4.55. The highest BCUT2D eigenvalue weighted by Crippen LogP contribution is 2.23. The first-order valence-electron chi connectivity index (χ1n) is 10.9. The lowest BCUT2D eigenvalue weighted by Gasteiger charge is -2.33. The van der Waals surface area contributed by atoms with E-state index in [-0.39, 0.29) is 5.91 Å². The number of rotatable bonds is 8. The Kier molecular flexibility index (Phi) is 7.77. The van der Waals surface area contributed by atoms with Gasteiger partial charge in [-0.1, -0.05) is 54.1 Å². The summed E-state index contributed by atoms with van der Waals surface area (Å²) >= 11 is 5.93. The molecule has 2 heterocycles. The van der Waals surface area contributed by atoms with Gasteiger partial charge in [-0.3, -0.25) is 14.6 Å². The van der Waals surface area contributed by atoms with Gasteiger partial charge in [-0.2, -0.15) is 0 Å². The van der Waals surface area contributed by atoms with Gasteiger partial charge < -0.3 is 9.73 Å². The molecule has 2 aromatic carbocycles. The normalized spacial score (nSPS) is 15.3. The number of hydrogen-bond donors (Lipinski definition) is 1. The third-order valence-corrected chi connectivity index (χ3v) is 5.81. The molecule has 0 aliphatic carbocycles. The maximum Gasteiger partial charge on any atom is 0.234 e. The predicted molar refractivity (Wildman–Crippen MR) is 129 cm³/mol. The molecule has 1 amide bonds. The summed E-state index contributed by atoms with van der Waals surface area (Å²) < 4.78 is 5.85. The van der Waals surface area contributed by atoms with Gasteiger partial charge in [-0.25, -0.2) is 0 Å². The van der Waals surface area contributed by atoms with Gasteiger partial charge >= 0.3 is 0 Å². The summed E-state index contributed by atoms with van der Waals surface area (Å²) in [6.07, 6.45) is 4.37. The van der Waals surface area contributed by atoms with E-state index >= 15 is 0 Å². The minimum atomic E-state index is 0.0202. The van der Waals surface area contributed by atoms with E-state index in [1.165, 1.54) is 5.56 Å². The highest BCUT2D eigenvalue weighted by molar-refractivity contribution is 6.30. The van der Waals surface area contributed by atoms with Gasteiger partial charge in [0.15, 0.2) is 0 Å². The van der Waals surface area contributed by atoms with Crippen molar-refractivity contribution in [3.63, 3.8) is 0 Å². The molecule has 166 valence electrons. The molecule has 1 N–H and O–H groups in total. The fourth-order valence-corrected chi connectivity index (χ4v) is 3.84. The molecule has 0 bridgehead atoms. The molecular formula is C26H28ClN3O2. The van der Waals surface area contributed by atoms with Crippen molar-refractivity contribution < 1.29 is 9.21 Å². The number of halogens is 1. The average molecular weight is 450 g/mol. The smallest absolute Gasteiger partial charge is 0.234 e. The van der Waals surface area contributed by atoms with Crippen LogP contribution in [0.4, 0.5) is 0 Å². The van der Waals surface area contributed by atoms with E-state index < -0.39 is 0 Å². The van der Waals surface area contributed by atoms with Crippen LogP contribution in [-0.4, -0.2) is 55.0 Å². The van der Waals surface area contributed by atoms with Crippen LogP contribution in [0.2, 0.25) is 5.02 Å². The molecule has 32 heavy (non-hydrogen) atoms. The Labute approximate surface area is 194 Å². The number of carbonyl (C=O) groups is 1. The summed E-state index contributed by atoms with van der Waals surface area (Å²) in [5, 5.41) is 3.66. The summed E-state index contributed by atoms with van der Waals surface area (Å²) in [5.41, 5.74) is 2.18. The van der Waals surface area contributed by atoms with Crippen molar-refractivity contribution in [2.75, 3.05) is 39.3 Å². The number of furan rings is 1. The first kappa shape index (κ1) is 22.3. The van der Waals surface area contributed by atoms with Crippen LogP contribution in [0.5, 0.6) is 0 Å². The number of nitrogens with one attached hydrogen (secondary N) is 1. The maximum absolute atomic E-state index is 12.4. The Morgan fingerprint density at radius 1 is 0.938 bits per heavy atom. The Balaban J connectivity index is 1.16. The fourth-order valence-electron chi connectivity index (χ4n) is 3.72. The molecule has 0 radical (unpaired) electrons. The van der Waals surface area contributed by atoms with Crippen molar-refractivity contribution in [1.29, 1.82) is 0 Å². The van der Waals surface area contributed by atoms with Gasteiger partial charge in [0.25, 0.3) is 0 Å². The Morgan fingerprint density at radius 2 is 1.66 bits per heavy atom. The lowest BCUT2D eigenvalue weighted by atomic mass is 10.2. The molecule has 4 rings (SSSR count).